The molecule has 0 spiro atoms. The summed E-state index contributed by atoms with van der Waals surface area (Å²) in [7, 11) is -0.235. The molecular formula is C19H26FIN4O2S. The van der Waals surface area contributed by atoms with Crippen molar-refractivity contribution in [3.05, 3.63) is 70.5 Å². The van der Waals surface area contributed by atoms with E-state index in [2.05, 4.69) is 20.3 Å². The molecule has 0 heterocycles. The van der Waals surface area contributed by atoms with Crippen molar-refractivity contribution in [3.63, 3.8) is 0 Å². The van der Waals surface area contributed by atoms with Gasteiger partial charge < -0.3 is 10.6 Å². The first-order valence-corrected chi connectivity index (χ1v) is 10.2. The molecule has 0 fully saturated rings. The van der Waals surface area contributed by atoms with Crippen LogP contribution in [0, 0.1) is 12.7 Å². The Kier molecular flexibility index (Phi) is 9.83. The lowest BCUT2D eigenvalue weighted by atomic mass is 10.1. The van der Waals surface area contributed by atoms with Crippen LogP contribution in [0.25, 0.3) is 0 Å². The summed E-state index contributed by atoms with van der Waals surface area (Å²) in [5.41, 5.74) is 3.22. The molecule has 154 valence electrons. The summed E-state index contributed by atoms with van der Waals surface area (Å²) in [6.07, 6.45) is 0. The van der Waals surface area contributed by atoms with E-state index in [1.807, 2.05) is 18.2 Å². The van der Waals surface area contributed by atoms with Crippen LogP contribution in [0.4, 0.5) is 4.39 Å². The third kappa shape index (κ3) is 7.72. The first-order chi connectivity index (χ1) is 12.8. The normalized spacial score (nSPS) is 11.6. The van der Waals surface area contributed by atoms with Crippen LogP contribution in [-0.2, 0) is 28.9 Å². The van der Waals surface area contributed by atoms with Crippen molar-refractivity contribution in [1.29, 1.82) is 0 Å². The van der Waals surface area contributed by atoms with E-state index < -0.39 is 10.0 Å². The van der Waals surface area contributed by atoms with E-state index in [1.54, 1.807) is 32.2 Å². The number of hydrogen-bond donors (Lipinski definition) is 3. The smallest absolute Gasteiger partial charge is 0.215 e. The van der Waals surface area contributed by atoms with E-state index in [4.69, 9.17) is 0 Å². The summed E-state index contributed by atoms with van der Waals surface area (Å²) in [5.74, 6) is 0.320. The molecule has 0 aliphatic heterocycles. The maximum atomic E-state index is 13.3. The Balaban J connectivity index is 0.00000392. The van der Waals surface area contributed by atoms with Crippen molar-refractivity contribution >= 4 is 40.0 Å². The lowest BCUT2D eigenvalue weighted by Crippen LogP contribution is -2.36. The van der Waals surface area contributed by atoms with Gasteiger partial charge in [-0.25, -0.2) is 17.5 Å². The number of nitrogens with zero attached hydrogens (tertiary/aromatic N) is 1. The molecule has 28 heavy (non-hydrogen) atoms. The van der Waals surface area contributed by atoms with Crippen LogP contribution in [0.2, 0.25) is 0 Å². The van der Waals surface area contributed by atoms with E-state index in [-0.39, 0.29) is 35.5 Å². The standard InChI is InChI=1S/C19H25FN4O2S.HI/c1-14-9-16(7-8-18(14)20)12-24-19(21-2)23-11-15-5-4-6-17(10-15)13-27(25,26)22-3;/h4-10,22H,11-13H2,1-3H3,(H2,21,23,24);1H. The summed E-state index contributed by atoms with van der Waals surface area (Å²) in [6.45, 7) is 2.74. The fourth-order valence-electron chi connectivity index (χ4n) is 2.53. The molecule has 0 saturated carbocycles. The molecule has 3 N–H and O–H groups in total. The minimum atomic E-state index is -3.30. The Morgan fingerprint density at radius 1 is 1.04 bits per heavy atom. The highest BCUT2D eigenvalue weighted by molar-refractivity contribution is 14.0. The van der Waals surface area contributed by atoms with E-state index in [0.717, 1.165) is 11.1 Å². The molecule has 0 radical (unpaired) electrons. The highest BCUT2D eigenvalue weighted by Crippen LogP contribution is 2.10. The first kappa shape index (κ1) is 24.3. The third-order valence-electron chi connectivity index (χ3n) is 4.02. The molecule has 0 saturated heterocycles. The largest absolute Gasteiger partial charge is 0.352 e. The molecule has 2 aromatic rings. The number of benzene rings is 2. The van der Waals surface area contributed by atoms with Gasteiger partial charge in [0.1, 0.15) is 5.82 Å². The number of rotatable bonds is 7. The van der Waals surface area contributed by atoms with Gasteiger partial charge in [-0.15, -0.1) is 24.0 Å². The molecule has 2 aromatic carbocycles. The lowest BCUT2D eigenvalue weighted by Gasteiger charge is -2.13. The molecule has 6 nitrogen and oxygen atoms in total. The SMILES string of the molecule is CN=C(NCc1cccc(CS(=O)(=O)NC)c1)NCc1ccc(F)c(C)c1.I. The second-order valence-electron chi connectivity index (χ2n) is 6.15. The van der Waals surface area contributed by atoms with Crippen LogP contribution in [0.3, 0.4) is 0 Å². The molecular weight excluding hydrogens is 494 g/mol. The van der Waals surface area contributed by atoms with Gasteiger partial charge in [-0.2, -0.15) is 0 Å². The Morgan fingerprint density at radius 2 is 1.64 bits per heavy atom. The molecule has 0 amide bonds. The fraction of sp³-hybridized carbons (Fsp3) is 0.316. The number of sulfonamides is 1. The lowest BCUT2D eigenvalue weighted by molar-refractivity contribution is 0.587. The van der Waals surface area contributed by atoms with Crippen molar-refractivity contribution < 1.29 is 12.8 Å². The number of guanidine groups is 1. The molecule has 0 unspecified atom stereocenters. The second kappa shape index (κ2) is 11.3. The molecule has 0 aliphatic carbocycles. The molecule has 0 atom stereocenters. The van der Waals surface area contributed by atoms with Crippen molar-refractivity contribution in [2.75, 3.05) is 14.1 Å². The minimum absolute atomic E-state index is 0. The summed E-state index contributed by atoms with van der Waals surface area (Å²) in [4.78, 5) is 4.17. The van der Waals surface area contributed by atoms with Crippen LogP contribution in [0.15, 0.2) is 47.5 Å². The van der Waals surface area contributed by atoms with Gasteiger partial charge in [-0.3, -0.25) is 4.99 Å². The highest BCUT2D eigenvalue weighted by atomic mass is 127. The van der Waals surface area contributed by atoms with Gasteiger partial charge >= 0.3 is 0 Å². The molecule has 0 aliphatic rings. The average Bonchev–Trinajstić information content (AvgIpc) is 2.64. The number of aliphatic imine (C=N–C) groups is 1. The van der Waals surface area contributed by atoms with Gasteiger partial charge in [0.25, 0.3) is 0 Å². The maximum Gasteiger partial charge on any atom is 0.215 e. The van der Waals surface area contributed by atoms with Gasteiger partial charge in [0, 0.05) is 20.1 Å². The molecule has 2 rings (SSSR count). The molecule has 0 aromatic heterocycles. The summed E-state index contributed by atoms with van der Waals surface area (Å²) >= 11 is 0. The Hall–Kier alpha value is -1.72. The number of hydrogen-bond acceptors (Lipinski definition) is 3. The second-order valence-corrected chi connectivity index (χ2v) is 8.07. The van der Waals surface area contributed by atoms with E-state index in [1.165, 1.54) is 13.1 Å². The third-order valence-corrected chi connectivity index (χ3v) is 5.36. The van der Waals surface area contributed by atoms with Crippen LogP contribution in [0.1, 0.15) is 22.3 Å². The van der Waals surface area contributed by atoms with Crippen LogP contribution in [0.5, 0.6) is 0 Å². The van der Waals surface area contributed by atoms with Gasteiger partial charge in [0.2, 0.25) is 10.0 Å². The quantitative estimate of drug-likeness (QED) is 0.298. The van der Waals surface area contributed by atoms with E-state index in [0.29, 0.717) is 30.2 Å². The zero-order valence-electron chi connectivity index (χ0n) is 16.1. The van der Waals surface area contributed by atoms with Crippen LogP contribution < -0.4 is 15.4 Å². The van der Waals surface area contributed by atoms with Crippen molar-refractivity contribution in [2.24, 2.45) is 4.99 Å². The van der Waals surface area contributed by atoms with Gasteiger partial charge in [-0.05, 0) is 42.3 Å². The topological polar surface area (TPSA) is 82.6 Å². The van der Waals surface area contributed by atoms with Crippen molar-refractivity contribution in [2.45, 2.75) is 25.8 Å². The highest BCUT2D eigenvalue weighted by Gasteiger charge is 2.09. The Labute approximate surface area is 183 Å². The maximum absolute atomic E-state index is 13.3. The van der Waals surface area contributed by atoms with Crippen LogP contribution >= 0.6 is 24.0 Å². The molecule has 9 heteroatoms. The summed E-state index contributed by atoms with van der Waals surface area (Å²) in [6, 6.07) is 12.3. The predicted octanol–water partition coefficient (Wildman–Crippen LogP) is 2.67. The van der Waals surface area contributed by atoms with Gasteiger partial charge in [-0.1, -0.05) is 36.4 Å². The number of halogens is 2. The van der Waals surface area contributed by atoms with E-state index >= 15 is 0 Å². The Morgan fingerprint density at radius 3 is 2.21 bits per heavy atom. The van der Waals surface area contributed by atoms with Crippen molar-refractivity contribution in [1.82, 2.24) is 15.4 Å². The van der Waals surface area contributed by atoms with Crippen LogP contribution in [-0.4, -0.2) is 28.5 Å². The van der Waals surface area contributed by atoms with E-state index in [9.17, 15) is 12.8 Å². The first-order valence-electron chi connectivity index (χ1n) is 8.51. The fourth-order valence-corrected chi connectivity index (χ4v) is 3.29. The molecule has 0 bridgehead atoms. The summed E-state index contributed by atoms with van der Waals surface area (Å²) in [5, 5.41) is 6.36. The zero-order valence-corrected chi connectivity index (χ0v) is 19.3. The van der Waals surface area contributed by atoms with Gasteiger partial charge in [0.15, 0.2) is 5.96 Å². The predicted molar refractivity (Wildman–Crippen MR) is 122 cm³/mol. The average molecular weight is 520 g/mol. The monoisotopic (exact) mass is 520 g/mol. The van der Waals surface area contributed by atoms with Gasteiger partial charge in [0.05, 0.1) is 5.75 Å². The summed E-state index contributed by atoms with van der Waals surface area (Å²) < 4.78 is 39.0. The van der Waals surface area contributed by atoms with Crippen molar-refractivity contribution in [3.8, 4) is 0 Å². The Bertz CT molecular complexity index is 920. The number of aryl methyl sites for hydroxylation is 1. The minimum Gasteiger partial charge on any atom is -0.352 e. The number of nitrogens with one attached hydrogen (secondary N) is 3. The zero-order chi connectivity index (χ0) is 19.9.